The van der Waals surface area contributed by atoms with Gasteiger partial charge >= 0.3 is 16.0 Å². The predicted molar refractivity (Wildman–Crippen MR) is 87.5 cm³/mol. The van der Waals surface area contributed by atoms with Crippen LogP contribution in [0, 0.1) is 0 Å². The highest BCUT2D eigenvalue weighted by Gasteiger charge is 2.08. The van der Waals surface area contributed by atoms with Gasteiger partial charge in [0.25, 0.3) is 30.0 Å². The van der Waals surface area contributed by atoms with Gasteiger partial charge in [-0.15, -0.1) is 0 Å². The topological polar surface area (TPSA) is 63.2 Å². The first-order valence-corrected chi connectivity index (χ1v) is 12.4. The molecule has 6 nitrogen and oxygen atoms in total. The van der Waals surface area contributed by atoms with Gasteiger partial charge < -0.3 is 20.9 Å². The van der Waals surface area contributed by atoms with Crippen LogP contribution in [0.4, 0.5) is 0 Å². The van der Waals surface area contributed by atoms with E-state index < -0.39 is 40.0 Å². The van der Waals surface area contributed by atoms with Crippen molar-refractivity contribution in [2.75, 3.05) is 0 Å². The van der Waals surface area contributed by atoms with E-state index in [4.69, 9.17) is 20.9 Å². The average Bonchev–Trinajstić information content (AvgIpc) is 2.38. The maximum atomic E-state index is 11.6. The molecule has 0 aromatic heterocycles. The van der Waals surface area contributed by atoms with Crippen molar-refractivity contribution in [3.05, 3.63) is 11.3 Å². The minimum absolute atomic E-state index is 0.210. The van der Waals surface area contributed by atoms with E-state index >= 15 is 0 Å². The molecule has 0 rings (SSSR count). The Hall–Kier alpha value is 0.351. The van der Waals surface area contributed by atoms with Gasteiger partial charge in [-0.25, -0.2) is 4.79 Å². The molecule has 0 aliphatic rings. The number of hydrogen-bond acceptors (Lipinski definition) is 6. The lowest BCUT2D eigenvalue weighted by Gasteiger charge is -2.08. The molecule has 0 N–H and O–H groups in total. The molecule has 0 aromatic rings. The summed E-state index contributed by atoms with van der Waals surface area (Å²) in [6.07, 6.45) is 1.75. The van der Waals surface area contributed by atoms with E-state index in [1.54, 1.807) is 0 Å². The van der Waals surface area contributed by atoms with Crippen LogP contribution in [0.3, 0.4) is 0 Å². The third-order valence-corrected chi connectivity index (χ3v) is 7.96. The molecular weight excluding hydrogens is 337 g/mol. The molecule has 0 heterocycles. The Morgan fingerprint density at radius 2 is 1.78 bits per heavy atom. The van der Waals surface area contributed by atoms with E-state index in [1.807, 2.05) is 12.6 Å². The summed E-state index contributed by atoms with van der Waals surface area (Å²) in [5.74, 6) is -0.210. The lowest BCUT2D eigenvalue weighted by Crippen LogP contribution is -2.19. The van der Waals surface area contributed by atoms with Crippen molar-refractivity contribution in [1.82, 2.24) is 0 Å². The van der Waals surface area contributed by atoms with Crippen LogP contribution >= 0.6 is 0 Å². The van der Waals surface area contributed by atoms with Crippen molar-refractivity contribution in [1.29, 1.82) is 0 Å². The zero-order valence-electron chi connectivity index (χ0n) is 11.3. The second-order valence-corrected chi connectivity index (χ2v) is 12.4. The normalized spacial score (nSPS) is 14.6. The van der Waals surface area contributed by atoms with Crippen LogP contribution in [0.2, 0.25) is 0 Å². The molecule has 0 radical (unpaired) electrons. The van der Waals surface area contributed by atoms with Crippen LogP contribution < -0.4 is 0 Å². The summed E-state index contributed by atoms with van der Waals surface area (Å²) in [5, 5.41) is 0. The van der Waals surface area contributed by atoms with Gasteiger partial charge in [-0.05, 0) is 6.42 Å². The minimum Gasteiger partial charge on any atom is -0.497 e. The summed E-state index contributed by atoms with van der Waals surface area (Å²) >= 11 is 0. The summed E-state index contributed by atoms with van der Waals surface area (Å²) in [4.78, 5) is 11.6. The molecule has 0 spiro atoms. The number of carbonyl (C=O) groups excluding carboxylic acids is 1. The van der Waals surface area contributed by atoms with Crippen LogP contribution in [0.5, 0.6) is 0 Å². The first-order valence-electron chi connectivity index (χ1n) is 5.80. The first-order chi connectivity index (χ1) is 8.76. The molecule has 0 amide bonds. The second kappa shape index (κ2) is 13.8. The average molecular weight is 359 g/mol. The standard InChI is InChI=1S/C6H22O6Si6/c1-2-3-5(4-13)6(7)8-15-10-17-12-18-11-16-9-14/h4H,2-3,15-18H2,1,13-14H3. The van der Waals surface area contributed by atoms with Crippen molar-refractivity contribution in [3.63, 3.8) is 0 Å². The highest BCUT2D eigenvalue weighted by molar-refractivity contribution is 6.45. The third-order valence-electron chi connectivity index (χ3n) is 1.94. The predicted octanol–water partition coefficient (Wildman–Crippen LogP) is -5.08. The van der Waals surface area contributed by atoms with Gasteiger partial charge in [-0.3, -0.25) is 0 Å². The largest absolute Gasteiger partial charge is 0.497 e. The van der Waals surface area contributed by atoms with Gasteiger partial charge in [-0.1, -0.05) is 19.0 Å². The molecule has 0 saturated heterocycles. The van der Waals surface area contributed by atoms with Crippen LogP contribution in [0.15, 0.2) is 11.3 Å². The van der Waals surface area contributed by atoms with E-state index in [0.29, 0.717) is 0 Å². The molecule has 0 aromatic carbocycles. The van der Waals surface area contributed by atoms with Crippen molar-refractivity contribution >= 4 is 66.7 Å². The van der Waals surface area contributed by atoms with Crippen LogP contribution in [0.1, 0.15) is 19.8 Å². The fourth-order valence-electron chi connectivity index (χ4n) is 1.12. The number of rotatable bonds is 11. The third kappa shape index (κ3) is 10.3. The Morgan fingerprint density at radius 3 is 2.33 bits per heavy atom. The van der Waals surface area contributed by atoms with Crippen molar-refractivity contribution in [2.24, 2.45) is 0 Å². The van der Waals surface area contributed by atoms with Crippen molar-refractivity contribution in [3.8, 4) is 0 Å². The molecule has 0 unspecified atom stereocenters. The molecule has 0 fully saturated rings. The van der Waals surface area contributed by atoms with E-state index in [9.17, 15) is 4.79 Å². The van der Waals surface area contributed by atoms with Gasteiger partial charge in [0.05, 0.1) is 0 Å². The zero-order chi connectivity index (χ0) is 13.6. The summed E-state index contributed by atoms with van der Waals surface area (Å²) in [6, 6.07) is 0. The fourth-order valence-corrected chi connectivity index (χ4v) is 8.32. The molecule has 0 atom stereocenters. The Bertz CT molecular complexity index is 251. The Balaban J connectivity index is 3.45. The lowest BCUT2D eigenvalue weighted by molar-refractivity contribution is -0.130. The summed E-state index contributed by atoms with van der Waals surface area (Å²) in [6.45, 7) is 2.05. The SMILES string of the molecule is CCCC(=C[SiH3])C(=O)O[SiH2]O[SiH2]O[SiH2]O[SiH2]O[SiH3]. The molecule has 0 aliphatic carbocycles. The molecule has 0 aliphatic heterocycles. The highest BCUT2D eigenvalue weighted by atomic mass is 28.4. The van der Waals surface area contributed by atoms with Crippen LogP contribution in [0.25, 0.3) is 0 Å². The minimum atomic E-state index is -1.23. The highest BCUT2D eigenvalue weighted by Crippen LogP contribution is 2.05. The maximum absolute atomic E-state index is 11.6. The molecule has 18 heavy (non-hydrogen) atoms. The van der Waals surface area contributed by atoms with Gasteiger partial charge in [0.15, 0.2) is 0 Å². The van der Waals surface area contributed by atoms with E-state index in [2.05, 4.69) is 0 Å². The second-order valence-electron chi connectivity index (χ2n) is 3.37. The van der Waals surface area contributed by atoms with E-state index in [-0.39, 0.29) is 5.97 Å². The Labute approximate surface area is 123 Å². The monoisotopic (exact) mass is 358 g/mol. The molecule has 0 bridgehead atoms. The van der Waals surface area contributed by atoms with Gasteiger partial charge in [0.1, 0.15) is 10.5 Å². The quantitative estimate of drug-likeness (QED) is 0.209. The number of hydrogen-bond donors (Lipinski definition) is 0. The molecule has 12 heteroatoms. The molecule has 0 saturated carbocycles. The summed E-state index contributed by atoms with van der Waals surface area (Å²) < 4.78 is 25.9. The van der Waals surface area contributed by atoms with E-state index in [1.165, 1.54) is 0 Å². The van der Waals surface area contributed by atoms with Crippen LogP contribution in [-0.2, 0) is 25.7 Å². The Kier molecular flexibility index (Phi) is 14.0. The van der Waals surface area contributed by atoms with Crippen LogP contribution in [-0.4, -0.2) is 66.7 Å². The van der Waals surface area contributed by atoms with Gasteiger partial charge in [-0.2, -0.15) is 0 Å². The first kappa shape index (κ1) is 18.4. The fraction of sp³-hybridized carbons (Fsp3) is 0.500. The molecule has 106 valence electrons. The zero-order valence-corrected chi connectivity index (χ0v) is 20.9. The summed E-state index contributed by atoms with van der Waals surface area (Å²) in [7, 11) is -2.30. The van der Waals surface area contributed by atoms with Crippen molar-refractivity contribution < 1.29 is 25.7 Å². The van der Waals surface area contributed by atoms with Gasteiger partial charge in [0.2, 0.25) is 0 Å². The number of carbonyl (C=O) groups is 1. The summed E-state index contributed by atoms with van der Waals surface area (Å²) in [5.41, 5.74) is 2.73. The Morgan fingerprint density at radius 1 is 1.17 bits per heavy atom. The van der Waals surface area contributed by atoms with E-state index in [0.717, 1.165) is 39.1 Å². The van der Waals surface area contributed by atoms with Crippen molar-refractivity contribution in [2.45, 2.75) is 19.8 Å². The maximum Gasteiger partial charge on any atom is 0.360 e. The lowest BCUT2D eigenvalue weighted by atomic mass is 10.2. The molecular formula is C6H22O6Si6. The smallest absolute Gasteiger partial charge is 0.360 e. The van der Waals surface area contributed by atoms with Gasteiger partial charge in [0, 0.05) is 15.8 Å².